The summed E-state index contributed by atoms with van der Waals surface area (Å²) in [5, 5.41) is 31.5. The molecule has 1 saturated heterocycles. The average Bonchev–Trinajstić information content (AvgIpc) is 3.42. The van der Waals surface area contributed by atoms with E-state index in [0.717, 1.165) is 148 Å². The number of carboxylic acid groups (broad SMARTS) is 1. The van der Waals surface area contributed by atoms with E-state index in [2.05, 4.69) is 130 Å². The molecular formula is C65H104O12. The van der Waals surface area contributed by atoms with Crippen LogP contribution in [0.4, 0.5) is 0 Å². The van der Waals surface area contributed by atoms with Gasteiger partial charge in [-0.15, -0.1) is 0 Å². The molecule has 0 radical (unpaired) electrons. The topological polar surface area (TPSA) is 175 Å². The second kappa shape index (κ2) is 52.1. The van der Waals surface area contributed by atoms with Gasteiger partial charge in [0.25, 0.3) is 0 Å². The maximum atomic E-state index is 13.1. The lowest BCUT2D eigenvalue weighted by atomic mass is 9.98. The van der Waals surface area contributed by atoms with Crippen molar-refractivity contribution in [1.29, 1.82) is 0 Å². The summed E-state index contributed by atoms with van der Waals surface area (Å²) < 4.78 is 28.4. The van der Waals surface area contributed by atoms with Crippen LogP contribution >= 0.6 is 0 Å². The fraction of sp³-hybridized carbons (Fsp3) is 0.662. The Balaban J connectivity index is 2.72. The van der Waals surface area contributed by atoms with Crippen LogP contribution in [0, 0.1) is 0 Å². The number of unbranched alkanes of at least 4 members (excludes halogenated alkanes) is 17. The van der Waals surface area contributed by atoms with Crippen molar-refractivity contribution in [2.24, 2.45) is 0 Å². The van der Waals surface area contributed by atoms with Crippen molar-refractivity contribution in [2.75, 3.05) is 13.2 Å². The van der Waals surface area contributed by atoms with Crippen molar-refractivity contribution in [3.8, 4) is 0 Å². The van der Waals surface area contributed by atoms with Gasteiger partial charge in [-0.3, -0.25) is 14.4 Å². The highest BCUT2D eigenvalue weighted by Crippen LogP contribution is 2.26. The first-order chi connectivity index (χ1) is 37.6. The largest absolute Gasteiger partial charge is 0.479 e. The molecule has 0 saturated carbocycles. The highest BCUT2D eigenvalue weighted by atomic mass is 16.7. The summed E-state index contributed by atoms with van der Waals surface area (Å²) in [5.74, 6) is -3.22. The number of hydrogen-bond acceptors (Lipinski definition) is 11. The molecule has 436 valence electrons. The van der Waals surface area contributed by atoms with Crippen LogP contribution in [0.1, 0.15) is 226 Å². The van der Waals surface area contributed by atoms with Gasteiger partial charge >= 0.3 is 23.9 Å². The minimum atomic E-state index is -1.92. The molecule has 0 amide bonds. The molecule has 6 atom stereocenters. The zero-order valence-electron chi connectivity index (χ0n) is 47.9. The van der Waals surface area contributed by atoms with Gasteiger partial charge in [-0.05, 0) is 122 Å². The van der Waals surface area contributed by atoms with Crippen LogP contribution in [0.3, 0.4) is 0 Å². The first-order valence-corrected chi connectivity index (χ1v) is 29.9. The van der Waals surface area contributed by atoms with Gasteiger partial charge in [-0.2, -0.15) is 0 Å². The summed E-state index contributed by atoms with van der Waals surface area (Å²) in [6.07, 6.45) is 57.7. The predicted octanol–water partition coefficient (Wildman–Crippen LogP) is 15.4. The van der Waals surface area contributed by atoms with Gasteiger partial charge in [0.15, 0.2) is 24.6 Å². The Morgan fingerprint density at radius 2 is 0.844 bits per heavy atom. The standard InChI is InChI=1S/C65H104O12/c1-4-7-10-13-16-19-22-25-27-28-29-30-32-35-38-41-44-47-50-53-59(68)76-63-61(70)60(69)62(64(71)72)77-65(63)74-55-56(75-58(67)52-49-46-43-40-37-33-24-21-18-15-12-9-6-3)54-73-57(66)51-48-45-42-39-36-34-31-26-23-20-17-14-11-8-5-2/h8,11-12,15-17,19-21,24-27,29-31,36,39,56,60-63,65,69-70H,4-7,9-10,13-14,18,22-23,28,32-35,37-38,40-55H2,1-3H3,(H,71,72)/b11-8-,15-12-,19-16-,20-17-,24-21-,27-25-,30-29-,31-26-,39-36-. The number of aliphatic hydroxyl groups excluding tert-OH is 2. The quantitative estimate of drug-likeness (QED) is 0.0228. The first kappa shape index (κ1) is 70.4. The van der Waals surface area contributed by atoms with Crippen LogP contribution < -0.4 is 0 Å². The molecule has 3 N–H and O–H groups in total. The summed E-state index contributed by atoms with van der Waals surface area (Å²) in [5.41, 5.74) is 0. The Morgan fingerprint density at radius 3 is 1.32 bits per heavy atom. The summed E-state index contributed by atoms with van der Waals surface area (Å²) in [4.78, 5) is 51.1. The number of rotatable bonds is 49. The lowest BCUT2D eigenvalue weighted by Crippen LogP contribution is -2.61. The minimum Gasteiger partial charge on any atom is -0.479 e. The molecule has 12 heteroatoms. The molecule has 0 aliphatic carbocycles. The first-order valence-electron chi connectivity index (χ1n) is 29.9. The molecular weight excluding hydrogens is 973 g/mol. The van der Waals surface area contributed by atoms with Crippen LogP contribution in [-0.2, 0) is 42.9 Å². The normalized spacial score (nSPS) is 18.8. The van der Waals surface area contributed by atoms with E-state index in [4.69, 9.17) is 23.7 Å². The Labute approximate surface area is 465 Å². The van der Waals surface area contributed by atoms with Crippen LogP contribution in [-0.4, -0.2) is 89.2 Å². The molecule has 1 aliphatic rings. The van der Waals surface area contributed by atoms with E-state index in [1.54, 1.807) is 0 Å². The number of hydrogen-bond donors (Lipinski definition) is 3. The van der Waals surface area contributed by atoms with Crippen molar-refractivity contribution >= 4 is 23.9 Å². The molecule has 0 bridgehead atoms. The van der Waals surface area contributed by atoms with Crippen LogP contribution in [0.25, 0.3) is 0 Å². The van der Waals surface area contributed by atoms with Gasteiger partial charge in [0.2, 0.25) is 0 Å². The van der Waals surface area contributed by atoms with Gasteiger partial charge in [-0.25, -0.2) is 4.79 Å². The SMILES string of the molecule is CC/C=C\C/C=C\C/C=C\C/C=C\CCCCC(=O)OCC(COC1OC(C(=O)O)C(O)C(O)C1OC(=O)CCCCCCCC/C=C\C/C=C\C/C=C\CCCCC)OC(=O)CCCCCCC/C=C\C/C=C\CCC. The number of aliphatic hydroxyl groups is 2. The van der Waals surface area contributed by atoms with Crippen molar-refractivity contribution < 1.29 is 58.2 Å². The second-order valence-corrected chi connectivity index (χ2v) is 19.9. The lowest BCUT2D eigenvalue weighted by molar-refractivity contribution is -0.301. The van der Waals surface area contributed by atoms with Gasteiger partial charge < -0.3 is 39.0 Å². The average molecular weight is 1080 g/mol. The number of ether oxygens (including phenoxy) is 5. The van der Waals surface area contributed by atoms with Crippen molar-refractivity contribution in [3.05, 3.63) is 109 Å². The Bertz CT molecular complexity index is 1750. The lowest BCUT2D eigenvalue weighted by Gasteiger charge is -2.40. The number of carboxylic acids is 1. The molecule has 1 fully saturated rings. The third-order valence-electron chi connectivity index (χ3n) is 12.8. The number of esters is 3. The van der Waals surface area contributed by atoms with Crippen LogP contribution in [0.2, 0.25) is 0 Å². The van der Waals surface area contributed by atoms with Crippen LogP contribution in [0.15, 0.2) is 109 Å². The van der Waals surface area contributed by atoms with E-state index in [1.165, 1.54) is 19.3 Å². The van der Waals surface area contributed by atoms with E-state index in [0.29, 0.717) is 19.3 Å². The summed E-state index contributed by atoms with van der Waals surface area (Å²) in [6, 6.07) is 0. The Hall–Kier alpha value is -4.62. The molecule has 12 nitrogen and oxygen atoms in total. The number of carbonyl (C=O) groups is 4. The highest BCUT2D eigenvalue weighted by Gasteiger charge is 2.50. The predicted molar refractivity (Wildman–Crippen MR) is 312 cm³/mol. The van der Waals surface area contributed by atoms with Gasteiger partial charge in [-0.1, -0.05) is 194 Å². The maximum Gasteiger partial charge on any atom is 0.335 e. The highest BCUT2D eigenvalue weighted by molar-refractivity contribution is 5.74. The van der Waals surface area contributed by atoms with Gasteiger partial charge in [0.05, 0.1) is 6.61 Å². The number of carbonyl (C=O) groups excluding carboxylic acids is 3. The Kier molecular flexibility index (Phi) is 47.6. The fourth-order valence-corrected chi connectivity index (χ4v) is 8.23. The molecule has 1 aliphatic heterocycles. The van der Waals surface area contributed by atoms with Crippen molar-refractivity contribution in [1.82, 2.24) is 0 Å². The summed E-state index contributed by atoms with van der Waals surface area (Å²) in [6.45, 7) is 5.72. The number of aliphatic carboxylic acids is 1. The molecule has 0 aromatic carbocycles. The molecule has 0 spiro atoms. The van der Waals surface area contributed by atoms with E-state index in [-0.39, 0.29) is 25.9 Å². The van der Waals surface area contributed by atoms with E-state index < -0.39 is 67.3 Å². The zero-order valence-corrected chi connectivity index (χ0v) is 47.9. The summed E-state index contributed by atoms with van der Waals surface area (Å²) >= 11 is 0. The van der Waals surface area contributed by atoms with E-state index in [9.17, 15) is 34.5 Å². The van der Waals surface area contributed by atoms with Gasteiger partial charge in [0, 0.05) is 19.3 Å². The minimum absolute atomic E-state index is 0.0347. The monoisotopic (exact) mass is 1080 g/mol. The molecule has 1 rings (SSSR count). The van der Waals surface area contributed by atoms with Gasteiger partial charge in [0.1, 0.15) is 18.8 Å². The van der Waals surface area contributed by atoms with Crippen molar-refractivity contribution in [3.63, 3.8) is 0 Å². The van der Waals surface area contributed by atoms with E-state index in [1.807, 2.05) is 0 Å². The fourth-order valence-electron chi connectivity index (χ4n) is 8.23. The number of allylic oxidation sites excluding steroid dienone is 18. The zero-order chi connectivity index (χ0) is 56.1. The van der Waals surface area contributed by atoms with E-state index >= 15 is 0 Å². The van der Waals surface area contributed by atoms with Crippen LogP contribution in [0.5, 0.6) is 0 Å². The second-order valence-electron chi connectivity index (χ2n) is 19.9. The molecule has 77 heavy (non-hydrogen) atoms. The summed E-state index contributed by atoms with van der Waals surface area (Å²) in [7, 11) is 0. The third kappa shape index (κ3) is 42.1. The molecule has 0 aromatic rings. The smallest absolute Gasteiger partial charge is 0.335 e. The van der Waals surface area contributed by atoms with Crippen molar-refractivity contribution in [2.45, 2.75) is 263 Å². The maximum absolute atomic E-state index is 13.1. The third-order valence-corrected chi connectivity index (χ3v) is 12.8. The Morgan fingerprint density at radius 1 is 0.442 bits per heavy atom. The molecule has 1 heterocycles. The molecule has 0 aromatic heterocycles. The molecule has 6 unspecified atom stereocenters.